The zero-order chi connectivity index (χ0) is 11.4. The number of hydrogen-bond acceptors (Lipinski definition) is 2. The highest BCUT2D eigenvalue weighted by molar-refractivity contribution is 5.43. The van der Waals surface area contributed by atoms with Gasteiger partial charge in [0.05, 0.1) is 0 Å². The number of halogens is 2. The maximum Gasteiger partial charge on any atom is 0.160 e. The Hall–Kier alpha value is -1.16. The molecule has 0 aromatic heterocycles. The van der Waals surface area contributed by atoms with Gasteiger partial charge in [0.2, 0.25) is 0 Å². The van der Waals surface area contributed by atoms with Crippen LogP contribution in [-0.4, -0.2) is 19.6 Å². The van der Waals surface area contributed by atoms with Crippen molar-refractivity contribution in [2.24, 2.45) is 5.92 Å². The van der Waals surface area contributed by atoms with E-state index in [1.165, 1.54) is 12.5 Å². The van der Waals surface area contributed by atoms with Crippen molar-refractivity contribution in [1.29, 1.82) is 0 Å². The summed E-state index contributed by atoms with van der Waals surface area (Å²) in [5.74, 6) is -0.893. The Labute approximate surface area is 94.0 Å². The number of anilines is 1. The molecule has 1 aliphatic rings. The van der Waals surface area contributed by atoms with Crippen molar-refractivity contribution < 1.29 is 8.78 Å². The second-order valence-corrected chi connectivity index (χ2v) is 4.20. The van der Waals surface area contributed by atoms with E-state index >= 15 is 0 Å². The third-order valence-electron chi connectivity index (χ3n) is 2.96. The Bertz CT molecular complexity index is 349. The van der Waals surface area contributed by atoms with Crippen molar-refractivity contribution >= 4 is 5.69 Å². The smallest absolute Gasteiger partial charge is 0.160 e. The molecule has 1 atom stereocenters. The molecule has 2 N–H and O–H groups in total. The SMILES string of the molecule is Fc1ccc(NCCC2CCNC2)cc1F. The Morgan fingerprint density at radius 3 is 2.88 bits per heavy atom. The van der Waals surface area contributed by atoms with E-state index in [9.17, 15) is 8.78 Å². The van der Waals surface area contributed by atoms with Crippen molar-refractivity contribution in [3.8, 4) is 0 Å². The van der Waals surface area contributed by atoms with Crippen molar-refractivity contribution in [3.05, 3.63) is 29.8 Å². The van der Waals surface area contributed by atoms with Gasteiger partial charge in [-0.05, 0) is 50.0 Å². The van der Waals surface area contributed by atoms with Crippen LogP contribution in [0.5, 0.6) is 0 Å². The van der Waals surface area contributed by atoms with E-state index < -0.39 is 11.6 Å². The van der Waals surface area contributed by atoms with Crippen LogP contribution in [0.15, 0.2) is 18.2 Å². The van der Waals surface area contributed by atoms with E-state index in [0.717, 1.165) is 32.1 Å². The zero-order valence-electron chi connectivity index (χ0n) is 9.10. The minimum Gasteiger partial charge on any atom is -0.385 e. The molecule has 0 aliphatic carbocycles. The topological polar surface area (TPSA) is 24.1 Å². The molecule has 1 aliphatic heterocycles. The molecule has 1 unspecified atom stereocenters. The molecule has 0 bridgehead atoms. The lowest BCUT2D eigenvalue weighted by molar-refractivity contribution is 0.508. The fourth-order valence-corrected chi connectivity index (χ4v) is 1.99. The Morgan fingerprint density at radius 2 is 2.19 bits per heavy atom. The number of hydrogen-bond donors (Lipinski definition) is 2. The molecule has 16 heavy (non-hydrogen) atoms. The highest BCUT2D eigenvalue weighted by Gasteiger charge is 2.13. The van der Waals surface area contributed by atoms with E-state index in [1.807, 2.05) is 0 Å². The maximum absolute atomic E-state index is 12.9. The van der Waals surface area contributed by atoms with Crippen LogP contribution in [0, 0.1) is 17.6 Å². The second-order valence-electron chi connectivity index (χ2n) is 4.20. The summed E-state index contributed by atoms with van der Waals surface area (Å²) in [6, 6.07) is 3.91. The summed E-state index contributed by atoms with van der Waals surface area (Å²) in [5.41, 5.74) is 0.643. The molecular formula is C12H16F2N2. The summed E-state index contributed by atoms with van der Waals surface area (Å²) in [6.45, 7) is 2.97. The standard InChI is InChI=1S/C12H16F2N2/c13-11-2-1-10(7-12(11)14)16-6-4-9-3-5-15-8-9/h1-2,7,9,15-16H,3-6,8H2. The number of benzene rings is 1. The van der Waals surface area contributed by atoms with E-state index in [0.29, 0.717) is 11.6 Å². The lowest BCUT2D eigenvalue weighted by Crippen LogP contribution is -2.12. The molecule has 88 valence electrons. The zero-order valence-corrected chi connectivity index (χ0v) is 9.10. The largest absolute Gasteiger partial charge is 0.385 e. The molecule has 0 radical (unpaired) electrons. The van der Waals surface area contributed by atoms with Gasteiger partial charge >= 0.3 is 0 Å². The van der Waals surface area contributed by atoms with E-state index in [1.54, 1.807) is 6.07 Å². The van der Waals surface area contributed by atoms with E-state index in [-0.39, 0.29) is 0 Å². The first-order chi connectivity index (χ1) is 7.75. The molecule has 1 saturated heterocycles. The van der Waals surface area contributed by atoms with Gasteiger partial charge in [-0.2, -0.15) is 0 Å². The third-order valence-corrected chi connectivity index (χ3v) is 2.96. The molecule has 0 saturated carbocycles. The summed E-state index contributed by atoms with van der Waals surface area (Å²) in [6.07, 6.45) is 2.27. The van der Waals surface area contributed by atoms with Crippen LogP contribution in [0.25, 0.3) is 0 Å². The summed E-state index contributed by atoms with van der Waals surface area (Å²) in [4.78, 5) is 0. The quantitative estimate of drug-likeness (QED) is 0.823. The van der Waals surface area contributed by atoms with Gasteiger partial charge in [0, 0.05) is 12.2 Å². The molecule has 2 rings (SSSR count). The minimum atomic E-state index is -0.800. The van der Waals surface area contributed by atoms with E-state index in [2.05, 4.69) is 10.6 Å². The summed E-state index contributed by atoms with van der Waals surface area (Å²) >= 11 is 0. The van der Waals surface area contributed by atoms with Gasteiger partial charge in [-0.25, -0.2) is 8.78 Å². The molecule has 1 aromatic rings. The van der Waals surface area contributed by atoms with Crippen LogP contribution in [0.2, 0.25) is 0 Å². The molecule has 1 fully saturated rings. The molecule has 0 spiro atoms. The van der Waals surface area contributed by atoms with Gasteiger partial charge in [-0.1, -0.05) is 0 Å². The number of rotatable bonds is 4. The van der Waals surface area contributed by atoms with Crippen molar-refractivity contribution in [2.75, 3.05) is 25.0 Å². The second kappa shape index (κ2) is 5.25. The fourth-order valence-electron chi connectivity index (χ4n) is 1.99. The molecule has 4 heteroatoms. The Morgan fingerprint density at radius 1 is 1.31 bits per heavy atom. The van der Waals surface area contributed by atoms with Crippen LogP contribution in [0.1, 0.15) is 12.8 Å². The fraction of sp³-hybridized carbons (Fsp3) is 0.500. The maximum atomic E-state index is 12.9. The first kappa shape index (κ1) is 11.3. The predicted octanol–water partition coefficient (Wildman–Crippen LogP) is 2.38. The molecule has 0 amide bonds. The third kappa shape index (κ3) is 2.92. The normalized spacial score (nSPS) is 20.0. The van der Waals surface area contributed by atoms with Crippen LogP contribution in [-0.2, 0) is 0 Å². The molecule has 1 aromatic carbocycles. The van der Waals surface area contributed by atoms with Crippen LogP contribution < -0.4 is 10.6 Å². The van der Waals surface area contributed by atoms with Gasteiger partial charge < -0.3 is 10.6 Å². The summed E-state index contributed by atoms with van der Waals surface area (Å²) in [5, 5.41) is 6.41. The van der Waals surface area contributed by atoms with Gasteiger partial charge in [0.1, 0.15) is 0 Å². The van der Waals surface area contributed by atoms with Gasteiger partial charge in [-0.15, -0.1) is 0 Å². The lowest BCUT2D eigenvalue weighted by atomic mass is 10.1. The summed E-state index contributed by atoms with van der Waals surface area (Å²) < 4.78 is 25.5. The molecular weight excluding hydrogens is 210 g/mol. The Kier molecular flexibility index (Phi) is 3.72. The highest BCUT2D eigenvalue weighted by Crippen LogP contribution is 2.15. The lowest BCUT2D eigenvalue weighted by Gasteiger charge is -2.10. The molecule has 1 heterocycles. The first-order valence-electron chi connectivity index (χ1n) is 5.65. The van der Waals surface area contributed by atoms with Crippen LogP contribution in [0.4, 0.5) is 14.5 Å². The monoisotopic (exact) mass is 226 g/mol. The summed E-state index contributed by atoms with van der Waals surface area (Å²) in [7, 11) is 0. The van der Waals surface area contributed by atoms with Crippen molar-refractivity contribution in [1.82, 2.24) is 5.32 Å². The van der Waals surface area contributed by atoms with Crippen LogP contribution >= 0.6 is 0 Å². The Balaban J connectivity index is 1.78. The molecule has 2 nitrogen and oxygen atoms in total. The van der Waals surface area contributed by atoms with Gasteiger partial charge in [-0.3, -0.25) is 0 Å². The van der Waals surface area contributed by atoms with Gasteiger partial charge in [0.25, 0.3) is 0 Å². The average molecular weight is 226 g/mol. The minimum absolute atomic E-state index is 0.643. The van der Waals surface area contributed by atoms with E-state index in [4.69, 9.17) is 0 Å². The first-order valence-corrected chi connectivity index (χ1v) is 5.65. The average Bonchev–Trinajstić information content (AvgIpc) is 2.76. The van der Waals surface area contributed by atoms with Crippen LogP contribution in [0.3, 0.4) is 0 Å². The van der Waals surface area contributed by atoms with Gasteiger partial charge in [0.15, 0.2) is 11.6 Å². The van der Waals surface area contributed by atoms with Crippen molar-refractivity contribution in [2.45, 2.75) is 12.8 Å². The van der Waals surface area contributed by atoms with Crippen molar-refractivity contribution in [3.63, 3.8) is 0 Å². The number of nitrogens with one attached hydrogen (secondary N) is 2. The predicted molar refractivity (Wildman–Crippen MR) is 60.4 cm³/mol. The highest BCUT2D eigenvalue weighted by atomic mass is 19.2.